The first kappa shape index (κ1) is 13.8. The van der Waals surface area contributed by atoms with Gasteiger partial charge >= 0.3 is 0 Å². The van der Waals surface area contributed by atoms with Crippen LogP contribution in [-0.4, -0.2) is 6.54 Å². The number of hydrogen-bond donors (Lipinski definition) is 0. The lowest BCUT2D eigenvalue weighted by atomic mass is 10.1. The summed E-state index contributed by atoms with van der Waals surface area (Å²) in [5.74, 6) is 0. The van der Waals surface area contributed by atoms with Crippen molar-refractivity contribution in [3.05, 3.63) is 95.6 Å². The van der Waals surface area contributed by atoms with Crippen molar-refractivity contribution in [3.8, 4) is 0 Å². The summed E-state index contributed by atoms with van der Waals surface area (Å²) in [5, 5.41) is 0. The Labute approximate surface area is 137 Å². The Morgan fingerprint density at radius 1 is 0.696 bits per heavy atom. The lowest BCUT2D eigenvalue weighted by Gasteiger charge is -2.19. The molecule has 3 aromatic rings. The summed E-state index contributed by atoms with van der Waals surface area (Å²) in [6.07, 6.45) is 5.48. The third kappa shape index (κ3) is 2.91. The van der Waals surface area contributed by atoms with E-state index in [0.717, 1.165) is 13.0 Å². The van der Waals surface area contributed by atoms with Crippen LogP contribution in [0.2, 0.25) is 0 Å². The highest BCUT2D eigenvalue weighted by Crippen LogP contribution is 2.35. The Kier molecular flexibility index (Phi) is 3.69. The van der Waals surface area contributed by atoms with Crippen molar-refractivity contribution < 1.29 is 0 Å². The van der Waals surface area contributed by atoms with E-state index in [1.54, 1.807) is 0 Å². The van der Waals surface area contributed by atoms with Crippen molar-refractivity contribution in [3.63, 3.8) is 0 Å². The SMILES string of the molecule is C(=C\c1ccc2c(c1)CCN2c1ccccc1)/c1ccccc1. The van der Waals surface area contributed by atoms with Gasteiger partial charge in [-0.25, -0.2) is 0 Å². The maximum Gasteiger partial charge on any atom is 0.0444 e. The summed E-state index contributed by atoms with van der Waals surface area (Å²) in [6, 6.07) is 27.8. The Morgan fingerprint density at radius 3 is 2.17 bits per heavy atom. The Balaban J connectivity index is 1.59. The van der Waals surface area contributed by atoms with E-state index in [2.05, 4.69) is 89.8 Å². The number of fused-ring (bicyclic) bond motifs is 1. The first-order valence-corrected chi connectivity index (χ1v) is 8.09. The van der Waals surface area contributed by atoms with Crippen molar-refractivity contribution in [2.75, 3.05) is 11.4 Å². The molecular formula is C22H19N. The van der Waals surface area contributed by atoms with Gasteiger partial charge in [0.25, 0.3) is 0 Å². The molecule has 1 heteroatoms. The molecule has 0 fully saturated rings. The van der Waals surface area contributed by atoms with Gasteiger partial charge in [0.05, 0.1) is 0 Å². The standard InChI is InChI=1S/C22H19N/c1-3-7-18(8-4-1)11-12-19-13-14-22-20(17-19)15-16-23(22)21-9-5-2-6-10-21/h1-14,17H,15-16H2/b12-11+. The highest BCUT2D eigenvalue weighted by molar-refractivity contribution is 5.75. The summed E-state index contributed by atoms with van der Waals surface area (Å²) in [4.78, 5) is 2.40. The molecule has 0 radical (unpaired) electrons. The Morgan fingerprint density at radius 2 is 1.39 bits per heavy atom. The van der Waals surface area contributed by atoms with Gasteiger partial charge in [-0.2, -0.15) is 0 Å². The van der Waals surface area contributed by atoms with Gasteiger partial charge in [-0.05, 0) is 47.4 Å². The minimum Gasteiger partial charge on any atom is -0.341 e. The van der Waals surface area contributed by atoms with Gasteiger partial charge in [0.15, 0.2) is 0 Å². The van der Waals surface area contributed by atoms with Crippen LogP contribution in [0.1, 0.15) is 16.7 Å². The molecule has 0 spiro atoms. The molecule has 0 aliphatic carbocycles. The molecule has 0 saturated carbocycles. The van der Waals surface area contributed by atoms with Crippen LogP contribution >= 0.6 is 0 Å². The average molecular weight is 297 g/mol. The Hall–Kier alpha value is -2.80. The van der Waals surface area contributed by atoms with E-state index in [9.17, 15) is 0 Å². The normalized spacial score (nSPS) is 13.5. The molecule has 0 N–H and O–H groups in total. The molecule has 0 atom stereocenters. The van der Waals surface area contributed by atoms with E-state index in [1.165, 1.54) is 28.1 Å². The van der Waals surface area contributed by atoms with Gasteiger partial charge in [0.1, 0.15) is 0 Å². The van der Waals surface area contributed by atoms with Crippen LogP contribution in [0.25, 0.3) is 12.2 Å². The lowest BCUT2D eigenvalue weighted by molar-refractivity contribution is 0.998. The van der Waals surface area contributed by atoms with Crippen molar-refractivity contribution in [2.45, 2.75) is 6.42 Å². The predicted molar refractivity (Wildman–Crippen MR) is 99.0 cm³/mol. The number of anilines is 2. The fraction of sp³-hybridized carbons (Fsp3) is 0.0909. The van der Waals surface area contributed by atoms with Gasteiger partial charge in [-0.3, -0.25) is 0 Å². The second-order valence-electron chi connectivity index (χ2n) is 5.87. The number of nitrogens with zero attached hydrogens (tertiary/aromatic N) is 1. The van der Waals surface area contributed by atoms with E-state index in [-0.39, 0.29) is 0 Å². The van der Waals surface area contributed by atoms with Crippen molar-refractivity contribution in [1.82, 2.24) is 0 Å². The van der Waals surface area contributed by atoms with Crippen LogP contribution in [0.4, 0.5) is 11.4 Å². The largest absolute Gasteiger partial charge is 0.341 e. The van der Waals surface area contributed by atoms with Crippen molar-refractivity contribution >= 4 is 23.5 Å². The molecule has 1 aliphatic rings. The summed E-state index contributed by atoms with van der Waals surface area (Å²) in [6.45, 7) is 1.06. The number of benzene rings is 3. The fourth-order valence-electron chi connectivity index (χ4n) is 3.16. The topological polar surface area (TPSA) is 3.24 Å². The molecule has 1 aliphatic heterocycles. The smallest absolute Gasteiger partial charge is 0.0444 e. The van der Waals surface area contributed by atoms with E-state index in [0.29, 0.717) is 0 Å². The van der Waals surface area contributed by atoms with Gasteiger partial charge in [-0.1, -0.05) is 66.7 Å². The summed E-state index contributed by atoms with van der Waals surface area (Å²) in [5.41, 5.74) is 6.55. The zero-order valence-electron chi connectivity index (χ0n) is 13.0. The van der Waals surface area contributed by atoms with Crippen LogP contribution in [0.5, 0.6) is 0 Å². The second-order valence-corrected chi connectivity index (χ2v) is 5.87. The van der Waals surface area contributed by atoms with Gasteiger partial charge in [0.2, 0.25) is 0 Å². The molecule has 3 aromatic carbocycles. The van der Waals surface area contributed by atoms with Gasteiger partial charge < -0.3 is 4.90 Å². The van der Waals surface area contributed by atoms with Crippen molar-refractivity contribution in [2.24, 2.45) is 0 Å². The molecule has 4 rings (SSSR count). The van der Waals surface area contributed by atoms with Crippen LogP contribution in [0.15, 0.2) is 78.9 Å². The quantitative estimate of drug-likeness (QED) is 0.573. The van der Waals surface area contributed by atoms with Crippen LogP contribution in [-0.2, 0) is 6.42 Å². The highest BCUT2D eigenvalue weighted by Gasteiger charge is 2.19. The van der Waals surface area contributed by atoms with Crippen LogP contribution in [0, 0.1) is 0 Å². The maximum atomic E-state index is 2.40. The monoisotopic (exact) mass is 297 g/mol. The molecule has 1 heterocycles. The van der Waals surface area contributed by atoms with E-state index in [1.807, 2.05) is 6.07 Å². The van der Waals surface area contributed by atoms with E-state index in [4.69, 9.17) is 0 Å². The average Bonchev–Trinajstić information content (AvgIpc) is 3.05. The summed E-state index contributed by atoms with van der Waals surface area (Å²) in [7, 11) is 0. The highest BCUT2D eigenvalue weighted by atomic mass is 15.2. The molecular weight excluding hydrogens is 278 g/mol. The van der Waals surface area contributed by atoms with Gasteiger partial charge in [0, 0.05) is 17.9 Å². The molecule has 1 nitrogen and oxygen atoms in total. The first-order valence-electron chi connectivity index (χ1n) is 8.09. The van der Waals surface area contributed by atoms with E-state index < -0.39 is 0 Å². The van der Waals surface area contributed by atoms with Crippen LogP contribution < -0.4 is 4.90 Å². The fourth-order valence-corrected chi connectivity index (χ4v) is 3.16. The maximum absolute atomic E-state index is 2.40. The molecule has 23 heavy (non-hydrogen) atoms. The molecule has 0 bridgehead atoms. The number of rotatable bonds is 3. The molecule has 0 unspecified atom stereocenters. The molecule has 0 amide bonds. The first-order chi connectivity index (χ1) is 11.4. The molecule has 112 valence electrons. The van der Waals surface area contributed by atoms with Gasteiger partial charge in [-0.15, -0.1) is 0 Å². The van der Waals surface area contributed by atoms with Crippen molar-refractivity contribution in [1.29, 1.82) is 0 Å². The number of hydrogen-bond acceptors (Lipinski definition) is 1. The summed E-state index contributed by atoms with van der Waals surface area (Å²) < 4.78 is 0. The minimum atomic E-state index is 1.06. The minimum absolute atomic E-state index is 1.06. The second kappa shape index (κ2) is 6.13. The zero-order valence-corrected chi connectivity index (χ0v) is 13.0. The van der Waals surface area contributed by atoms with E-state index >= 15 is 0 Å². The zero-order chi connectivity index (χ0) is 15.5. The molecule has 0 aromatic heterocycles. The predicted octanol–water partition coefficient (Wildman–Crippen LogP) is 5.55. The number of para-hydroxylation sites is 1. The Bertz CT molecular complexity index is 819. The molecule has 0 saturated heterocycles. The third-order valence-corrected chi connectivity index (χ3v) is 4.33. The van der Waals surface area contributed by atoms with Crippen LogP contribution in [0.3, 0.4) is 0 Å². The lowest BCUT2D eigenvalue weighted by Crippen LogP contribution is -2.12. The third-order valence-electron chi connectivity index (χ3n) is 4.33. The summed E-state index contributed by atoms with van der Waals surface area (Å²) >= 11 is 0.